The Bertz CT molecular complexity index is 847. The standard InChI is InChI=1S/C19H16N2O4/c1-13(21)17(11-20)18(22)12-24-19(23)14-6-5-9-16(10-14)25-15-7-3-2-4-8-15/h2-10H,12,21H2,1H3/b17-13-. The highest BCUT2D eigenvalue weighted by molar-refractivity contribution is 6.02. The Morgan fingerprint density at radius 1 is 1.08 bits per heavy atom. The Kier molecular flexibility index (Phi) is 5.91. The Balaban J connectivity index is 2.03. The van der Waals surface area contributed by atoms with Crippen molar-refractivity contribution in [3.05, 3.63) is 71.4 Å². The predicted molar refractivity (Wildman–Crippen MR) is 90.7 cm³/mol. The molecule has 0 fully saturated rings. The summed E-state index contributed by atoms with van der Waals surface area (Å²) in [5.41, 5.74) is 5.54. The summed E-state index contributed by atoms with van der Waals surface area (Å²) in [5.74, 6) is -0.251. The molecule has 2 rings (SSSR count). The fraction of sp³-hybridized carbons (Fsp3) is 0.105. The lowest BCUT2D eigenvalue weighted by atomic mass is 10.1. The molecule has 0 spiro atoms. The number of nitriles is 1. The molecule has 0 radical (unpaired) electrons. The van der Waals surface area contributed by atoms with Gasteiger partial charge in [0.2, 0.25) is 5.78 Å². The van der Waals surface area contributed by atoms with Gasteiger partial charge in [0.1, 0.15) is 23.1 Å². The number of nitrogens with two attached hydrogens (primary N) is 1. The number of carbonyl (C=O) groups is 2. The van der Waals surface area contributed by atoms with Crippen LogP contribution in [0.1, 0.15) is 17.3 Å². The smallest absolute Gasteiger partial charge is 0.338 e. The third-order valence-electron chi connectivity index (χ3n) is 3.17. The molecule has 0 amide bonds. The van der Waals surface area contributed by atoms with Gasteiger partial charge in [-0.1, -0.05) is 24.3 Å². The fourth-order valence-electron chi connectivity index (χ4n) is 1.97. The van der Waals surface area contributed by atoms with Gasteiger partial charge in [0.25, 0.3) is 0 Å². The zero-order chi connectivity index (χ0) is 18.2. The molecular formula is C19H16N2O4. The van der Waals surface area contributed by atoms with Crippen LogP contribution in [0.4, 0.5) is 0 Å². The molecule has 126 valence electrons. The molecule has 2 aromatic carbocycles. The van der Waals surface area contributed by atoms with E-state index >= 15 is 0 Å². The maximum Gasteiger partial charge on any atom is 0.338 e. The van der Waals surface area contributed by atoms with Crippen LogP contribution < -0.4 is 10.5 Å². The lowest BCUT2D eigenvalue weighted by Gasteiger charge is -2.08. The maximum atomic E-state index is 12.1. The van der Waals surface area contributed by atoms with Crippen molar-refractivity contribution < 1.29 is 19.1 Å². The Labute approximate surface area is 145 Å². The highest BCUT2D eigenvalue weighted by Crippen LogP contribution is 2.22. The third kappa shape index (κ3) is 4.94. The number of rotatable bonds is 6. The van der Waals surface area contributed by atoms with Gasteiger partial charge in [-0.3, -0.25) is 4.79 Å². The van der Waals surface area contributed by atoms with Crippen LogP contribution >= 0.6 is 0 Å². The van der Waals surface area contributed by atoms with E-state index in [1.165, 1.54) is 13.0 Å². The van der Waals surface area contributed by atoms with Crippen molar-refractivity contribution in [1.82, 2.24) is 0 Å². The molecule has 0 aliphatic rings. The first-order valence-electron chi connectivity index (χ1n) is 7.41. The average molecular weight is 336 g/mol. The summed E-state index contributed by atoms with van der Waals surface area (Å²) in [6, 6.07) is 17.2. The second kappa shape index (κ2) is 8.31. The number of para-hydroxylation sites is 1. The molecule has 2 N–H and O–H groups in total. The van der Waals surface area contributed by atoms with Crippen LogP contribution in [0.5, 0.6) is 11.5 Å². The minimum atomic E-state index is -0.696. The topological polar surface area (TPSA) is 102 Å². The summed E-state index contributed by atoms with van der Waals surface area (Å²) in [6.45, 7) is 0.878. The van der Waals surface area contributed by atoms with E-state index in [-0.39, 0.29) is 16.8 Å². The first kappa shape index (κ1) is 17.8. The van der Waals surface area contributed by atoms with Gasteiger partial charge < -0.3 is 15.2 Å². The SMILES string of the molecule is C/C(N)=C(\C#N)C(=O)COC(=O)c1cccc(Oc2ccccc2)c1. The first-order valence-corrected chi connectivity index (χ1v) is 7.41. The molecule has 0 heterocycles. The van der Waals surface area contributed by atoms with Gasteiger partial charge in [-0.05, 0) is 37.3 Å². The molecule has 6 nitrogen and oxygen atoms in total. The van der Waals surface area contributed by atoms with E-state index in [1.807, 2.05) is 18.2 Å². The van der Waals surface area contributed by atoms with E-state index in [0.717, 1.165) is 0 Å². The van der Waals surface area contributed by atoms with Crippen molar-refractivity contribution in [2.45, 2.75) is 6.92 Å². The number of benzene rings is 2. The maximum absolute atomic E-state index is 12.1. The fourth-order valence-corrected chi connectivity index (χ4v) is 1.97. The van der Waals surface area contributed by atoms with Gasteiger partial charge in [0.05, 0.1) is 5.56 Å². The molecule has 6 heteroatoms. The third-order valence-corrected chi connectivity index (χ3v) is 3.17. The summed E-state index contributed by atoms with van der Waals surface area (Å²) in [4.78, 5) is 23.9. The summed E-state index contributed by atoms with van der Waals surface area (Å²) >= 11 is 0. The zero-order valence-electron chi connectivity index (χ0n) is 13.6. The molecule has 0 saturated carbocycles. The van der Waals surface area contributed by atoms with Gasteiger partial charge in [-0.15, -0.1) is 0 Å². The van der Waals surface area contributed by atoms with E-state index in [9.17, 15) is 9.59 Å². The van der Waals surface area contributed by atoms with Crippen LogP contribution in [0.3, 0.4) is 0 Å². The van der Waals surface area contributed by atoms with Crippen molar-refractivity contribution in [2.75, 3.05) is 6.61 Å². The summed E-state index contributed by atoms with van der Waals surface area (Å²) in [5, 5.41) is 8.86. The van der Waals surface area contributed by atoms with Crippen LogP contribution in [0.2, 0.25) is 0 Å². The second-order valence-electron chi connectivity index (χ2n) is 5.11. The number of ketones is 1. The van der Waals surface area contributed by atoms with Crippen molar-refractivity contribution in [3.63, 3.8) is 0 Å². The van der Waals surface area contributed by atoms with Crippen LogP contribution in [-0.4, -0.2) is 18.4 Å². The number of hydrogen-bond acceptors (Lipinski definition) is 6. The van der Waals surface area contributed by atoms with Gasteiger partial charge in [0.15, 0.2) is 6.61 Å². The van der Waals surface area contributed by atoms with Crippen LogP contribution in [0.25, 0.3) is 0 Å². The molecule has 0 unspecified atom stereocenters. The van der Waals surface area contributed by atoms with Gasteiger partial charge in [-0.2, -0.15) is 5.26 Å². The summed E-state index contributed by atoms with van der Waals surface area (Å²) in [6.07, 6.45) is 0. The number of ether oxygens (including phenoxy) is 2. The molecule has 0 saturated heterocycles. The van der Waals surface area contributed by atoms with Crippen molar-refractivity contribution in [3.8, 4) is 17.6 Å². The largest absolute Gasteiger partial charge is 0.457 e. The quantitative estimate of drug-likeness (QED) is 0.494. The van der Waals surface area contributed by atoms with Crippen LogP contribution in [0, 0.1) is 11.3 Å². The summed E-state index contributed by atoms with van der Waals surface area (Å²) < 4.78 is 10.6. The molecule has 0 aliphatic carbocycles. The van der Waals surface area contributed by atoms with E-state index in [4.69, 9.17) is 20.5 Å². The Morgan fingerprint density at radius 3 is 2.40 bits per heavy atom. The average Bonchev–Trinajstić information content (AvgIpc) is 2.61. The van der Waals surface area contributed by atoms with Crippen LogP contribution in [0.15, 0.2) is 65.9 Å². The number of carbonyl (C=O) groups excluding carboxylic acids is 2. The zero-order valence-corrected chi connectivity index (χ0v) is 13.6. The van der Waals surface area contributed by atoms with Crippen molar-refractivity contribution in [1.29, 1.82) is 5.26 Å². The predicted octanol–water partition coefficient (Wildman–Crippen LogP) is 2.96. The minimum Gasteiger partial charge on any atom is -0.457 e. The normalized spacial score (nSPS) is 11.0. The second-order valence-corrected chi connectivity index (χ2v) is 5.11. The number of esters is 1. The van der Waals surface area contributed by atoms with E-state index in [1.54, 1.807) is 36.4 Å². The van der Waals surface area contributed by atoms with Crippen LogP contribution in [-0.2, 0) is 9.53 Å². The molecule has 0 atom stereocenters. The first-order chi connectivity index (χ1) is 12.0. The van der Waals surface area contributed by atoms with Crippen molar-refractivity contribution >= 4 is 11.8 Å². The Hall–Kier alpha value is -3.59. The molecule has 2 aromatic rings. The number of allylic oxidation sites excluding steroid dienone is 1. The summed E-state index contributed by atoms with van der Waals surface area (Å²) in [7, 11) is 0. The lowest BCUT2D eigenvalue weighted by molar-refractivity contribution is -0.118. The number of Topliss-reactive ketones (excluding diaryl/α,β-unsaturated/α-hetero) is 1. The highest BCUT2D eigenvalue weighted by atomic mass is 16.5. The van der Waals surface area contributed by atoms with E-state index < -0.39 is 18.4 Å². The highest BCUT2D eigenvalue weighted by Gasteiger charge is 2.15. The Morgan fingerprint density at radius 2 is 1.76 bits per heavy atom. The lowest BCUT2D eigenvalue weighted by Crippen LogP contribution is -2.17. The molecule has 0 aliphatic heterocycles. The molecule has 0 bridgehead atoms. The molecule has 0 aromatic heterocycles. The van der Waals surface area contributed by atoms with Gasteiger partial charge in [-0.25, -0.2) is 4.79 Å². The van der Waals surface area contributed by atoms with Gasteiger partial charge in [0, 0.05) is 5.70 Å². The van der Waals surface area contributed by atoms with E-state index in [2.05, 4.69) is 0 Å². The number of nitrogens with zero attached hydrogens (tertiary/aromatic N) is 1. The monoisotopic (exact) mass is 336 g/mol. The molecular weight excluding hydrogens is 320 g/mol. The van der Waals surface area contributed by atoms with Crippen molar-refractivity contribution in [2.24, 2.45) is 5.73 Å². The minimum absolute atomic E-state index is 0.0850. The van der Waals surface area contributed by atoms with E-state index in [0.29, 0.717) is 11.5 Å². The van der Waals surface area contributed by atoms with Gasteiger partial charge >= 0.3 is 5.97 Å². The number of hydrogen-bond donors (Lipinski definition) is 1. The molecule has 25 heavy (non-hydrogen) atoms.